The highest BCUT2D eigenvalue weighted by atomic mass is 19.1. The minimum atomic E-state index is -0.388. The van der Waals surface area contributed by atoms with Crippen LogP contribution in [0.4, 0.5) is 15.9 Å². The molecule has 3 rings (SSSR count). The number of carbonyl (C=O) groups is 1. The van der Waals surface area contributed by atoms with E-state index in [9.17, 15) is 9.18 Å². The molecule has 25 heavy (non-hydrogen) atoms. The van der Waals surface area contributed by atoms with Gasteiger partial charge in [0.15, 0.2) is 11.6 Å². The molecule has 132 valence electrons. The molecule has 1 aliphatic heterocycles. The number of piperazine rings is 1. The number of halogens is 1. The molecule has 0 spiro atoms. The Balaban J connectivity index is 1.69. The van der Waals surface area contributed by atoms with Gasteiger partial charge in [-0.05, 0) is 25.1 Å². The van der Waals surface area contributed by atoms with E-state index in [1.807, 2.05) is 48.2 Å². The Labute approximate surface area is 146 Å². The zero-order valence-corrected chi connectivity index (χ0v) is 14.7. The minimum absolute atomic E-state index is 0.00249. The highest BCUT2D eigenvalue weighted by Gasteiger charge is 2.25. The van der Waals surface area contributed by atoms with Crippen molar-refractivity contribution in [1.29, 1.82) is 0 Å². The van der Waals surface area contributed by atoms with Gasteiger partial charge in [0.25, 0.3) is 5.91 Å². The Kier molecular flexibility index (Phi) is 4.83. The lowest BCUT2D eigenvalue weighted by atomic mass is 10.1. The fourth-order valence-corrected chi connectivity index (χ4v) is 2.89. The average molecular weight is 343 g/mol. The highest BCUT2D eigenvalue weighted by Crippen LogP contribution is 2.20. The summed E-state index contributed by atoms with van der Waals surface area (Å²) in [7, 11) is 3.89. The number of benzene rings is 1. The van der Waals surface area contributed by atoms with Crippen LogP contribution in [0.3, 0.4) is 0 Å². The molecule has 0 bridgehead atoms. The molecule has 0 radical (unpaired) electrons. The van der Waals surface area contributed by atoms with Crippen molar-refractivity contribution in [3.8, 4) is 0 Å². The van der Waals surface area contributed by atoms with Gasteiger partial charge in [-0.1, -0.05) is 6.07 Å². The van der Waals surface area contributed by atoms with Crippen molar-refractivity contribution in [2.45, 2.75) is 6.92 Å². The Morgan fingerprint density at radius 3 is 2.56 bits per heavy atom. The molecule has 2 heterocycles. The maximum absolute atomic E-state index is 14.2. The van der Waals surface area contributed by atoms with Gasteiger partial charge in [0, 0.05) is 51.5 Å². The third-order valence-corrected chi connectivity index (χ3v) is 4.42. The molecule has 1 amide bonds. The molecule has 2 aromatic rings. The summed E-state index contributed by atoms with van der Waals surface area (Å²) in [6.07, 6.45) is 1.37. The molecule has 0 saturated carbocycles. The van der Waals surface area contributed by atoms with Gasteiger partial charge in [0.1, 0.15) is 6.33 Å². The second-order valence-corrected chi connectivity index (χ2v) is 6.32. The van der Waals surface area contributed by atoms with Crippen molar-refractivity contribution in [2.24, 2.45) is 0 Å². The lowest BCUT2D eigenvalue weighted by Crippen LogP contribution is -2.49. The molecule has 0 aliphatic carbocycles. The lowest BCUT2D eigenvalue weighted by molar-refractivity contribution is 0.0746. The molecule has 1 aromatic heterocycles. The highest BCUT2D eigenvalue weighted by molar-refractivity contribution is 5.95. The number of anilines is 2. The number of hydrogen-bond acceptors (Lipinski definition) is 5. The van der Waals surface area contributed by atoms with Crippen molar-refractivity contribution in [2.75, 3.05) is 50.1 Å². The van der Waals surface area contributed by atoms with E-state index in [1.165, 1.54) is 6.33 Å². The van der Waals surface area contributed by atoms with Crippen LogP contribution >= 0.6 is 0 Å². The number of amides is 1. The summed E-state index contributed by atoms with van der Waals surface area (Å²) in [6, 6.07) is 7.57. The second-order valence-electron chi connectivity index (χ2n) is 6.32. The third kappa shape index (κ3) is 3.55. The molecule has 1 fully saturated rings. The van der Waals surface area contributed by atoms with Crippen molar-refractivity contribution < 1.29 is 9.18 Å². The van der Waals surface area contributed by atoms with Gasteiger partial charge < -0.3 is 14.7 Å². The molecule has 1 saturated heterocycles. The molecule has 1 aliphatic rings. The fraction of sp³-hybridized carbons (Fsp3) is 0.389. The molecule has 0 unspecified atom stereocenters. The van der Waals surface area contributed by atoms with E-state index in [2.05, 4.69) is 9.97 Å². The molecule has 0 atom stereocenters. The number of aromatic nitrogens is 2. The van der Waals surface area contributed by atoms with Gasteiger partial charge in [-0.2, -0.15) is 0 Å². The number of nitrogens with zero attached hydrogens (tertiary/aromatic N) is 5. The summed E-state index contributed by atoms with van der Waals surface area (Å²) in [5.41, 5.74) is 2.00. The van der Waals surface area contributed by atoms with E-state index in [1.54, 1.807) is 11.8 Å². The van der Waals surface area contributed by atoms with E-state index in [0.29, 0.717) is 43.3 Å². The molecule has 1 aromatic carbocycles. The zero-order valence-electron chi connectivity index (χ0n) is 14.7. The third-order valence-electron chi connectivity index (χ3n) is 4.42. The lowest BCUT2D eigenvalue weighted by Gasteiger charge is -2.35. The Morgan fingerprint density at radius 2 is 1.88 bits per heavy atom. The Bertz CT molecular complexity index is 772. The molecule has 6 nitrogen and oxygen atoms in total. The van der Waals surface area contributed by atoms with Gasteiger partial charge in [0.05, 0.1) is 5.69 Å². The topological polar surface area (TPSA) is 52.6 Å². The van der Waals surface area contributed by atoms with E-state index < -0.39 is 0 Å². The van der Waals surface area contributed by atoms with Crippen LogP contribution in [0.15, 0.2) is 30.6 Å². The van der Waals surface area contributed by atoms with E-state index in [-0.39, 0.29) is 11.7 Å². The maximum atomic E-state index is 14.2. The predicted octanol–water partition coefficient (Wildman–Crippen LogP) is 1.95. The predicted molar refractivity (Wildman–Crippen MR) is 95.6 cm³/mol. The van der Waals surface area contributed by atoms with Gasteiger partial charge in [-0.3, -0.25) is 4.79 Å². The van der Waals surface area contributed by atoms with Gasteiger partial charge in [-0.15, -0.1) is 0 Å². The average Bonchev–Trinajstić information content (AvgIpc) is 2.63. The Hall–Kier alpha value is -2.70. The van der Waals surface area contributed by atoms with Crippen molar-refractivity contribution in [3.63, 3.8) is 0 Å². The minimum Gasteiger partial charge on any atom is -0.378 e. The fourth-order valence-electron chi connectivity index (χ4n) is 2.89. The van der Waals surface area contributed by atoms with Gasteiger partial charge in [-0.25, -0.2) is 14.4 Å². The molecule has 0 N–H and O–H groups in total. The van der Waals surface area contributed by atoms with Gasteiger partial charge in [0.2, 0.25) is 0 Å². The first-order chi connectivity index (χ1) is 12.0. The quantitative estimate of drug-likeness (QED) is 0.853. The van der Waals surface area contributed by atoms with E-state index in [0.717, 1.165) is 5.69 Å². The van der Waals surface area contributed by atoms with Crippen LogP contribution in [-0.2, 0) is 0 Å². The summed E-state index contributed by atoms with van der Waals surface area (Å²) in [4.78, 5) is 26.3. The standard InChI is InChI=1S/C18H22FN5O/c1-13-16(19)17(21-12-20-13)23-7-9-24(10-8-23)18(25)14-5-4-6-15(11-14)22(2)3/h4-6,11-12H,7-10H2,1-3H3. The normalized spacial score (nSPS) is 14.6. The summed E-state index contributed by atoms with van der Waals surface area (Å²) in [5.74, 6) is -0.0714. The summed E-state index contributed by atoms with van der Waals surface area (Å²) in [6.45, 7) is 3.79. The van der Waals surface area contributed by atoms with Crippen LogP contribution in [0.5, 0.6) is 0 Å². The van der Waals surface area contributed by atoms with Crippen LogP contribution in [0.2, 0.25) is 0 Å². The van der Waals surface area contributed by atoms with Crippen LogP contribution < -0.4 is 9.80 Å². The maximum Gasteiger partial charge on any atom is 0.254 e. The molecule has 7 heteroatoms. The van der Waals surface area contributed by atoms with Crippen LogP contribution in [0, 0.1) is 12.7 Å². The zero-order chi connectivity index (χ0) is 18.0. The largest absolute Gasteiger partial charge is 0.378 e. The number of rotatable bonds is 3. The summed E-state index contributed by atoms with van der Waals surface area (Å²) >= 11 is 0. The summed E-state index contributed by atoms with van der Waals surface area (Å²) < 4.78 is 14.2. The molecular weight excluding hydrogens is 321 g/mol. The van der Waals surface area contributed by atoms with Crippen LogP contribution in [0.25, 0.3) is 0 Å². The SMILES string of the molecule is Cc1ncnc(N2CCN(C(=O)c3cccc(N(C)C)c3)CC2)c1F. The van der Waals surface area contributed by atoms with E-state index in [4.69, 9.17) is 0 Å². The van der Waals surface area contributed by atoms with Crippen LogP contribution in [-0.4, -0.2) is 61.0 Å². The molecular formula is C18H22FN5O. The van der Waals surface area contributed by atoms with E-state index >= 15 is 0 Å². The first-order valence-electron chi connectivity index (χ1n) is 8.26. The summed E-state index contributed by atoms with van der Waals surface area (Å²) in [5, 5.41) is 0. The van der Waals surface area contributed by atoms with Crippen molar-refractivity contribution in [1.82, 2.24) is 14.9 Å². The first kappa shape index (κ1) is 17.1. The number of carbonyl (C=O) groups excluding carboxylic acids is 1. The number of aryl methyl sites for hydroxylation is 1. The Morgan fingerprint density at radius 1 is 1.16 bits per heavy atom. The first-order valence-corrected chi connectivity index (χ1v) is 8.26. The number of hydrogen-bond donors (Lipinski definition) is 0. The monoisotopic (exact) mass is 343 g/mol. The second kappa shape index (κ2) is 7.04. The van der Waals surface area contributed by atoms with Crippen molar-refractivity contribution in [3.05, 3.63) is 47.7 Å². The van der Waals surface area contributed by atoms with Crippen molar-refractivity contribution >= 4 is 17.4 Å². The van der Waals surface area contributed by atoms with Gasteiger partial charge >= 0.3 is 0 Å². The smallest absolute Gasteiger partial charge is 0.254 e. The van der Waals surface area contributed by atoms with Crippen LogP contribution in [0.1, 0.15) is 16.1 Å².